The lowest BCUT2D eigenvalue weighted by atomic mass is 9.79. The van der Waals surface area contributed by atoms with Gasteiger partial charge in [-0.15, -0.1) is 0 Å². The summed E-state index contributed by atoms with van der Waals surface area (Å²) in [6.45, 7) is 0. The molecule has 0 saturated carbocycles. The van der Waals surface area contributed by atoms with E-state index in [-0.39, 0.29) is 46.6 Å². The van der Waals surface area contributed by atoms with Crippen LogP contribution in [0.2, 0.25) is 0 Å². The van der Waals surface area contributed by atoms with E-state index in [2.05, 4.69) is 96.0 Å². The van der Waals surface area contributed by atoms with Gasteiger partial charge < -0.3 is 42.2 Å². The van der Waals surface area contributed by atoms with Crippen molar-refractivity contribution in [3.8, 4) is 39.1 Å². The number of aromatic amines is 3. The summed E-state index contributed by atoms with van der Waals surface area (Å²) >= 11 is 10.8. The summed E-state index contributed by atoms with van der Waals surface area (Å²) in [5.41, 5.74) is 27.7. The summed E-state index contributed by atoms with van der Waals surface area (Å²) in [5, 5.41) is 33.5. The first-order chi connectivity index (χ1) is 63.9. The maximum atomic E-state index is 14.0. The van der Waals surface area contributed by atoms with Crippen LogP contribution in [-0.4, -0.2) is 83.2 Å². The van der Waals surface area contributed by atoms with E-state index in [0.29, 0.717) is 94.3 Å². The highest BCUT2D eigenvalue weighted by Crippen LogP contribution is 2.33. The number of nitrogen functional groups attached to an aromatic ring is 3. The standard InChI is InChI=1S/2C24H15FN2O.C17H11FN2.C10H9BO2.C7H4BrFN2.C7H5ClO.C7H6FN3.C6H7FN2.CBrN/c25-20-12-13-22-21(15-20)26-23(27(22)24(28)17-7-2-1-3-8-17)19-11-10-16-6-4-5-9-18(16)14-19;25-20-12-13-21-22(15-20)27(24(28)17-7-2-1-3-8-17)23(26-21)19-11-10-16-6-4-5-9-18(16)14-19;18-14-7-8-15-16(10-14)20-17(19-15)13-6-5-11-3-1-2-4-12(11)9-13;12-11(13)10-6-5-8-3-1-2-4-9(8)7-10;8-7-10-5-2-1-4(9)3-6(5)11-7;8-7(9)6-4-2-1-3-5-6;8-4-1-2-5-6(3-4)11-7(9)10-5;7-4-1-2-5(8)6(9)3-4;2-1-3/h2*1-15H;1-10H,(H,19,20);1-7,12-13H;1-3H,(H,10,11);1-5H;1-3H,(H3,9,10,11);1-3H,8-9H2;. The van der Waals surface area contributed by atoms with E-state index in [1.807, 2.05) is 176 Å². The van der Waals surface area contributed by atoms with E-state index in [4.69, 9.17) is 44.1 Å². The van der Waals surface area contributed by atoms with Crippen LogP contribution in [0, 0.1) is 45.1 Å². The second kappa shape index (κ2) is 43.1. The van der Waals surface area contributed by atoms with Gasteiger partial charge in [0, 0.05) is 61.4 Å². The van der Waals surface area contributed by atoms with Crippen molar-refractivity contribution in [1.82, 2.24) is 49.0 Å². The molecule has 5 aromatic heterocycles. The molecule has 11 N–H and O–H groups in total. The third-order valence-corrected chi connectivity index (χ3v) is 20.8. The van der Waals surface area contributed by atoms with Crippen LogP contribution in [0.15, 0.2) is 375 Å². The first kappa shape index (κ1) is 92.0. The minimum Gasteiger partial charge on any atom is -0.423 e. The molecule has 29 heteroatoms. The predicted octanol–water partition coefficient (Wildman–Crippen LogP) is 24.1. The summed E-state index contributed by atoms with van der Waals surface area (Å²) in [6.07, 6.45) is 0. The number of nitrogens with two attached hydrogens (primary N) is 3. The van der Waals surface area contributed by atoms with E-state index in [1.165, 1.54) is 88.8 Å². The summed E-state index contributed by atoms with van der Waals surface area (Å²) < 4.78 is 82.0. The minimum atomic E-state index is -1.38. The van der Waals surface area contributed by atoms with Crippen molar-refractivity contribution in [2.45, 2.75) is 0 Å². The Labute approximate surface area is 771 Å². The van der Waals surface area contributed by atoms with Gasteiger partial charge in [0.25, 0.3) is 17.1 Å². The number of anilines is 3. The number of hydrogen-bond acceptors (Lipinski definition) is 14. The molecule has 0 aliphatic rings. The van der Waals surface area contributed by atoms with Crippen LogP contribution < -0.4 is 22.7 Å². The normalized spacial score (nSPS) is 10.6. The fraction of sp³-hybridized carbons (Fsp3) is 0. The Kier molecular flexibility index (Phi) is 30.0. The number of H-pyrrole nitrogens is 3. The topological polar surface area (TPSA) is 315 Å². The van der Waals surface area contributed by atoms with Gasteiger partial charge in [-0.3, -0.25) is 23.5 Å². The zero-order valence-corrected chi connectivity index (χ0v) is 73.1. The number of nitriles is 1. The number of fused-ring (bicyclic) bond motifs is 9. The Morgan fingerprint density at radius 2 is 0.712 bits per heavy atom. The van der Waals surface area contributed by atoms with Crippen LogP contribution in [0.1, 0.15) is 31.1 Å². The molecule has 0 spiro atoms. The minimum absolute atomic E-state index is 0.196. The summed E-state index contributed by atoms with van der Waals surface area (Å²) in [7, 11) is -1.38. The number of benzene rings is 17. The number of imidazole rings is 5. The smallest absolute Gasteiger partial charge is 0.423 e. The number of hydrogen-bond donors (Lipinski definition) is 8. The highest BCUT2D eigenvalue weighted by atomic mass is 79.9. The quantitative estimate of drug-likeness (QED) is 0.0318. The fourth-order valence-electron chi connectivity index (χ4n) is 13.9. The van der Waals surface area contributed by atoms with Gasteiger partial charge in [0.1, 0.15) is 57.4 Å². The Bertz CT molecular complexity index is 7790. The van der Waals surface area contributed by atoms with Crippen molar-refractivity contribution in [2.75, 3.05) is 17.2 Å². The number of nitrogens with one attached hydrogen (secondary N) is 3. The summed E-state index contributed by atoms with van der Waals surface area (Å²) in [5.74, 6) is -0.311. The molecule has 22 aromatic rings. The summed E-state index contributed by atoms with van der Waals surface area (Å²) in [4.78, 5) is 69.0. The molecule has 0 amide bonds. The van der Waals surface area contributed by atoms with Crippen LogP contribution in [0.25, 0.3) is 132 Å². The largest absolute Gasteiger partial charge is 0.488 e. The van der Waals surface area contributed by atoms with Gasteiger partial charge >= 0.3 is 7.12 Å². The Hall–Kier alpha value is -16.2. The van der Waals surface area contributed by atoms with E-state index < -0.39 is 18.2 Å². The van der Waals surface area contributed by atoms with Crippen molar-refractivity contribution in [1.29, 1.82) is 5.26 Å². The first-order valence-corrected chi connectivity index (χ1v) is 42.2. The molecular weight excluding hydrogens is 1830 g/mol. The zero-order valence-electron chi connectivity index (χ0n) is 69.1. The van der Waals surface area contributed by atoms with Crippen LogP contribution >= 0.6 is 43.5 Å². The van der Waals surface area contributed by atoms with Gasteiger partial charge in [-0.2, -0.15) is 5.26 Å². The predicted molar refractivity (Wildman–Crippen MR) is 521 cm³/mol. The monoisotopic (exact) mass is 1900 g/mol. The number of rotatable bonds is 7. The molecule has 132 heavy (non-hydrogen) atoms. The number of aromatic nitrogens is 10. The van der Waals surface area contributed by atoms with E-state index in [9.17, 15) is 40.7 Å². The maximum absolute atomic E-state index is 14.0. The number of nitrogens with zero attached hydrogens (tertiary/aromatic N) is 8. The molecule has 0 aliphatic carbocycles. The molecule has 0 atom stereocenters. The van der Waals surface area contributed by atoms with Crippen LogP contribution in [0.4, 0.5) is 43.7 Å². The third kappa shape index (κ3) is 23.2. The number of carbonyl (C=O) groups excluding carboxylic acids is 3. The van der Waals surface area contributed by atoms with Crippen molar-refractivity contribution in [3.63, 3.8) is 0 Å². The third-order valence-electron chi connectivity index (χ3n) is 20.2. The highest BCUT2D eigenvalue weighted by molar-refractivity contribution is 9.12. The molecular formula is C103H72BBr2ClF6N14O5. The Balaban J connectivity index is 0.000000126. The second-order valence-corrected chi connectivity index (χ2v) is 30.5. The van der Waals surface area contributed by atoms with Gasteiger partial charge in [0.05, 0.1) is 66.5 Å². The van der Waals surface area contributed by atoms with Gasteiger partial charge in [-0.05, 0) is 216 Å². The summed E-state index contributed by atoms with van der Waals surface area (Å²) in [6, 6.07) is 108. The number of halogens is 9. The van der Waals surface area contributed by atoms with Crippen molar-refractivity contribution in [3.05, 3.63) is 426 Å². The molecule has 22 rings (SSSR count). The molecule has 5 heterocycles. The van der Waals surface area contributed by atoms with Gasteiger partial charge in [0.2, 0.25) is 0 Å². The SMILES string of the molecule is Fc1ccc2nc(-c3ccc4ccccc4c3)[nH]c2c1.Fc1ccc2nc(Br)[nH]c2c1.N#CBr.Nc1ccc(F)cc1N.Nc1nc2ccc(F)cc2[nH]1.O=C(Cl)c1ccccc1.O=C(c1ccccc1)n1c(-c2ccc3ccccc3c2)nc2cc(F)ccc21.O=C(c1ccccc1)n1c(-c2ccc3ccccc3c2)nc2ccc(F)cc21.OB(O)c1ccc2ccccc2c1. The van der Waals surface area contributed by atoms with Crippen molar-refractivity contribution >= 4 is 189 Å². The average molecular weight is 1910 g/mol. The Morgan fingerprint density at radius 1 is 0.348 bits per heavy atom. The second-order valence-electron chi connectivity index (χ2n) is 29.0. The van der Waals surface area contributed by atoms with Gasteiger partial charge in [0.15, 0.2) is 10.7 Å². The molecule has 650 valence electrons. The molecule has 19 nitrogen and oxygen atoms in total. The van der Waals surface area contributed by atoms with Crippen LogP contribution in [0.5, 0.6) is 0 Å². The fourth-order valence-corrected chi connectivity index (χ4v) is 14.4. The van der Waals surface area contributed by atoms with E-state index in [1.54, 1.807) is 101 Å². The highest BCUT2D eigenvalue weighted by Gasteiger charge is 2.23. The molecule has 17 aromatic carbocycles. The van der Waals surface area contributed by atoms with Crippen LogP contribution in [-0.2, 0) is 0 Å². The molecule has 0 unspecified atom stereocenters. The van der Waals surface area contributed by atoms with Crippen LogP contribution in [0.3, 0.4) is 0 Å². The molecule has 0 bridgehead atoms. The lowest BCUT2D eigenvalue weighted by Crippen LogP contribution is -2.29. The molecule has 0 saturated heterocycles. The van der Waals surface area contributed by atoms with E-state index >= 15 is 0 Å². The lowest BCUT2D eigenvalue weighted by Gasteiger charge is -2.09. The number of carbonyl (C=O) groups is 3. The lowest BCUT2D eigenvalue weighted by molar-refractivity contribution is 0.0958. The van der Waals surface area contributed by atoms with Gasteiger partial charge in [-0.1, -0.05) is 218 Å². The van der Waals surface area contributed by atoms with Crippen molar-refractivity contribution < 1.29 is 50.8 Å². The molecule has 0 aliphatic heterocycles. The molecule has 0 fully saturated rings. The van der Waals surface area contributed by atoms with E-state index in [0.717, 1.165) is 71.3 Å². The first-order valence-electron chi connectivity index (χ1n) is 40.2. The zero-order chi connectivity index (χ0) is 92.9. The van der Waals surface area contributed by atoms with Crippen molar-refractivity contribution in [2.24, 2.45) is 0 Å². The average Bonchev–Trinajstić information content (AvgIpc) is 1.61. The Morgan fingerprint density at radius 3 is 1.18 bits per heavy atom. The molecule has 0 radical (unpaired) electrons. The van der Waals surface area contributed by atoms with Gasteiger partial charge in [-0.25, -0.2) is 51.3 Å². The maximum Gasteiger partial charge on any atom is 0.488 e.